The monoisotopic (exact) mass is 190 g/mol. The second-order valence-corrected chi connectivity index (χ2v) is 3.42. The predicted octanol–water partition coefficient (Wildman–Crippen LogP) is -0.165. The zero-order valence-electron chi connectivity index (χ0n) is 9.16. The van der Waals surface area contributed by atoms with Crippen molar-refractivity contribution >= 4 is 0 Å². The van der Waals surface area contributed by atoms with Gasteiger partial charge in [-0.3, -0.25) is 4.90 Å². The number of nitrogens with zero attached hydrogens (tertiary/aromatic N) is 2. The molecule has 0 saturated carbocycles. The Morgan fingerprint density at radius 2 is 1.85 bits per heavy atom. The molecule has 0 amide bonds. The highest BCUT2D eigenvalue weighted by atomic mass is 16.5. The summed E-state index contributed by atoms with van der Waals surface area (Å²) in [7, 11) is 5.93. The third-order valence-corrected chi connectivity index (χ3v) is 1.88. The minimum absolute atomic E-state index is 0.389. The second kappa shape index (κ2) is 7.26. The van der Waals surface area contributed by atoms with Gasteiger partial charge in [-0.2, -0.15) is 0 Å². The van der Waals surface area contributed by atoms with Gasteiger partial charge in [0.2, 0.25) is 0 Å². The zero-order chi connectivity index (χ0) is 10.3. The van der Waals surface area contributed by atoms with Crippen molar-refractivity contribution in [2.45, 2.75) is 13.2 Å². The van der Waals surface area contributed by atoms with Crippen LogP contribution in [-0.4, -0.2) is 68.6 Å². The molecule has 1 N–H and O–H groups in total. The molecule has 13 heavy (non-hydrogen) atoms. The van der Waals surface area contributed by atoms with Crippen molar-refractivity contribution in [3.8, 4) is 0 Å². The van der Waals surface area contributed by atoms with E-state index in [0.717, 1.165) is 13.1 Å². The first-order valence-electron chi connectivity index (χ1n) is 4.68. The highest BCUT2D eigenvalue weighted by molar-refractivity contribution is 4.57. The predicted molar refractivity (Wildman–Crippen MR) is 53.7 cm³/mol. The third kappa shape index (κ3) is 6.95. The lowest BCUT2D eigenvalue weighted by atomic mass is 10.4. The largest absolute Gasteiger partial charge is 0.378 e. The Kier molecular flexibility index (Phi) is 7.17. The van der Waals surface area contributed by atoms with E-state index in [0.29, 0.717) is 13.2 Å². The van der Waals surface area contributed by atoms with E-state index in [2.05, 4.69) is 4.90 Å². The normalized spacial score (nSPS) is 14.1. The molecule has 0 spiro atoms. The van der Waals surface area contributed by atoms with Gasteiger partial charge in [-0.25, -0.2) is 0 Å². The van der Waals surface area contributed by atoms with Crippen LogP contribution in [0.2, 0.25) is 0 Å². The number of rotatable bonds is 7. The van der Waals surface area contributed by atoms with Crippen LogP contribution in [0, 0.1) is 0 Å². The number of likely N-dealkylation sites (N-methyl/N-ethyl adjacent to an activating group) is 2. The average molecular weight is 190 g/mol. The summed E-state index contributed by atoms with van der Waals surface area (Å²) in [5.41, 5.74) is 0. The van der Waals surface area contributed by atoms with Crippen LogP contribution in [0.4, 0.5) is 0 Å². The van der Waals surface area contributed by atoms with Gasteiger partial charge >= 0.3 is 0 Å². The molecule has 0 bridgehead atoms. The maximum absolute atomic E-state index is 9.54. The summed E-state index contributed by atoms with van der Waals surface area (Å²) in [5, 5.41) is 9.54. The SMILES string of the molecule is CCOCC(O)N(C)CCN(C)C. The van der Waals surface area contributed by atoms with Crippen LogP contribution in [0.25, 0.3) is 0 Å². The molecule has 0 aliphatic carbocycles. The van der Waals surface area contributed by atoms with Gasteiger partial charge in [-0.05, 0) is 28.1 Å². The third-order valence-electron chi connectivity index (χ3n) is 1.88. The molecule has 80 valence electrons. The molecule has 0 aromatic rings. The summed E-state index contributed by atoms with van der Waals surface area (Å²) >= 11 is 0. The number of aliphatic hydroxyl groups is 1. The molecule has 0 aliphatic rings. The molecule has 0 saturated heterocycles. The molecular formula is C9H22N2O2. The van der Waals surface area contributed by atoms with Crippen LogP contribution in [0.1, 0.15) is 6.92 Å². The quantitative estimate of drug-likeness (QED) is 0.566. The Bertz CT molecular complexity index is 120. The highest BCUT2D eigenvalue weighted by Crippen LogP contribution is 1.93. The van der Waals surface area contributed by atoms with E-state index in [-0.39, 0.29) is 0 Å². The Morgan fingerprint density at radius 1 is 1.23 bits per heavy atom. The van der Waals surface area contributed by atoms with Crippen molar-refractivity contribution in [3.05, 3.63) is 0 Å². The van der Waals surface area contributed by atoms with Crippen molar-refractivity contribution in [3.63, 3.8) is 0 Å². The van der Waals surface area contributed by atoms with Crippen molar-refractivity contribution in [1.29, 1.82) is 0 Å². The lowest BCUT2D eigenvalue weighted by molar-refractivity contribution is -0.0458. The first kappa shape index (κ1) is 12.8. The molecule has 4 nitrogen and oxygen atoms in total. The van der Waals surface area contributed by atoms with Crippen LogP contribution < -0.4 is 0 Å². The van der Waals surface area contributed by atoms with Crippen molar-refractivity contribution in [1.82, 2.24) is 9.80 Å². The molecule has 0 rings (SSSR count). The summed E-state index contributed by atoms with van der Waals surface area (Å²) < 4.78 is 5.12. The fourth-order valence-electron chi connectivity index (χ4n) is 0.857. The Balaban J connectivity index is 3.50. The molecule has 0 radical (unpaired) electrons. The van der Waals surface area contributed by atoms with Gasteiger partial charge < -0.3 is 14.7 Å². The standard InChI is InChI=1S/C9H22N2O2/c1-5-13-8-9(12)11(4)7-6-10(2)3/h9,12H,5-8H2,1-4H3. The number of hydrogen-bond acceptors (Lipinski definition) is 4. The fourth-order valence-corrected chi connectivity index (χ4v) is 0.857. The molecule has 0 heterocycles. The molecule has 0 fully saturated rings. The number of ether oxygens (including phenoxy) is 1. The van der Waals surface area contributed by atoms with Gasteiger partial charge in [0.05, 0.1) is 6.61 Å². The van der Waals surface area contributed by atoms with Crippen LogP contribution in [-0.2, 0) is 4.74 Å². The van der Waals surface area contributed by atoms with E-state index in [1.54, 1.807) is 0 Å². The van der Waals surface area contributed by atoms with E-state index >= 15 is 0 Å². The van der Waals surface area contributed by atoms with Crippen LogP contribution >= 0.6 is 0 Å². The van der Waals surface area contributed by atoms with Gasteiger partial charge in [-0.1, -0.05) is 0 Å². The first-order chi connectivity index (χ1) is 6.07. The van der Waals surface area contributed by atoms with E-state index < -0.39 is 6.23 Å². The molecule has 4 heteroatoms. The van der Waals surface area contributed by atoms with Crippen LogP contribution in [0.3, 0.4) is 0 Å². The van der Waals surface area contributed by atoms with Gasteiger partial charge in [-0.15, -0.1) is 0 Å². The average Bonchev–Trinajstić information content (AvgIpc) is 2.10. The first-order valence-corrected chi connectivity index (χ1v) is 4.68. The molecule has 1 atom stereocenters. The number of aliphatic hydroxyl groups excluding tert-OH is 1. The molecule has 0 aliphatic heterocycles. The second-order valence-electron chi connectivity index (χ2n) is 3.42. The highest BCUT2D eigenvalue weighted by Gasteiger charge is 2.10. The maximum Gasteiger partial charge on any atom is 0.130 e. The molecule has 0 aromatic heterocycles. The van der Waals surface area contributed by atoms with Gasteiger partial charge in [0, 0.05) is 19.7 Å². The number of hydrogen-bond donors (Lipinski definition) is 1. The minimum Gasteiger partial charge on any atom is -0.378 e. The van der Waals surface area contributed by atoms with Crippen LogP contribution in [0.15, 0.2) is 0 Å². The van der Waals surface area contributed by atoms with Crippen molar-refractivity contribution in [2.24, 2.45) is 0 Å². The minimum atomic E-state index is -0.486. The van der Waals surface area contributed by atoms with Gasteiger partial charge in [0.1, 0.15) is 6.23 Å². The fraction of sp³-hybridized carbons (Fsp3) is 1.00. The topological polar surface area (TPSA) is 35.9 Å². The molecular weight excluding hydrogens is 168 g/mol. The zero-order valence-corrected chi connectivity index (χ0v) is 9.16. The Labute approximate surface area is 81.1 Å². The summed E-state index contributed by atoms with van der Waals surface area (Å²) in [5.74, 6) is 0. The molecule has 1 unspecified atom stereocenters. The van der Waals surface area contributed by atoms with Gasteiger partial charge in [0.25, 0.3) is 0 Å². The lowest BCUT2D eigenvalue weighted by Crippen LogP contribution is -2.39. The lowest BCUT2D eigenvalue weighted by Gasteiger charge is -2.24. The van der Waals surface area contributed by atoms with Crippen LogP contribution in [0.5, 0.6) is 0 Å². The van der Waals surface area contributed by atoms with Gasteiger partial charge in [0.15, 0.2) is 0 Å². The van der Waals surface area contributed by atoms with E-state index in [1.165, 1.54) is 0 Å². The van der Waals surface area contributed by atoms with E-state index in [4.69, 9.17) is 4.74 Å². The van der Waals surface area contributed by atoms with E-state index in [9.17, 15) is 5.11 Å². The summed E-state index contributed by atoms with van der Waals surface area (Å²) in [6.45, 7) is 4.76. The summed E-state index contributed by atoms with van der Waals surface area (Å²) in [6.07, 6.45) is -0.486. The van der Waals surface area contributed by atoms with Crippen molar-refractivity contribution < 1.29 is 9.84 Å². The Morgan fingerprint density at radius 3 is 2.31 bits per heavy atom. The summed E-state index contributed by atoms with van der Waals surface area (Å²) in [6, 6.07) is 0. The van der Waals surface area contributed by atoms with E-state index in [1.807, 2.05) is 33.0 Å². The Hall–Kier alpha value is -0.160. The summed E-state index contributed by atoms with van der Waals surface area (Å²) in [4.78, 5) is 3.97. The smallest absolute Gasteiger partial charge is 0.130 e. The maximum atomic E-state index is 9.54. The molecule has 0 aromatic carbocycles. The van der Waals surface area contributed by atoms with Crippen molar-refractivity contribution in [2.75, 3.05) is 47.4 Å².